The maximum atomic E-state index is 12.8. The highest BCUT2D eigenvalue weighted by Crippen LogP contribution is 2.40. The van der Waals surface area contributed by atoms with Crippen molar-refractivity contribution < 1.29 is 21.6 Å². The molecule has 1 aliphatic carbocycles. The molecule has 1 unspecified atom stereocenters. The van der Waals surface area contributed by atoms with Crippen molar-refractivity contribution in [3.05, 3.63) is 28.8 Å². The average Bonchev–Trinajstić information content (AvgIpc) is 3.21. The van der Waals surface area contributed by atoms with E-state index in [0.29, 0.717) is 6.07 Å². The molecule has 2 rings (SSSR count). The largest absolute Gasteiger partial charge is 0.416 e. The number of halogens is 5. The van der Waals surface area contributed by atoms with Gasteiger partial charge in [-0.15, -0.1) is 12.4 Å². The van der Waals surface area contributed by atoms with Crippen molar-refractivity contribution >= 4 is 34.0 Å². The molecule has 23 heavy (non-hydrogen) atoms. The van der Waals surface area contributed by atoms with Crippen LogP contribution in [0.25, 0.3) is 0 Å². The van der Waals surface area contributed by atoms with Crippen LogP contribution in [-0.4, -0.2) is 20.5 Å². The van der Waals surface area contributed by atoms with Crippen molar-refractivity contribution in [2.24, 2.45) is 11.7 Å². The van der Waals surface area contributed by atoms with Gasteiger partial charge < -0.3 is 5.73 Å². The van der Waals surface area contributed by atoms with Crippen LogP contribution < -0.4 is 10.5 Å². The Morgan fingerprint density at radius 2 is 1.91 bits per heavy atom. The normalized spacial score (nSPS) is 18.2. The number of hydrogen-bond donors (Lipinski definition) is 2. The van der Waals surface area contributed by atoms with E-state index in [1.807, 2.05) is 0 Å². The monoisotopic (exact) mass is 392 g/mol. The van der Waals surface area contributed by atoms with E-state index in [-0.39, 0.29) is 29.9 Å². The molecule has 10 heteroatoms. The van der Waals surface area contributed by atoms with Crippen LogP contribution >= 0.6 is 24.0 Å². The van der Waals surface area contributed by atoms with E-state index in [1.165, 1.54) is 0 Å². The fourth-order valence-electron chi connectivity index (χ4n) is 2.26. The minimum Gasteiger partial charge on any atom is -0.329 e. The molecule has 0 radical (unpaired) electrons. The predicted molar refractivity (Wildman–Crippen MR) is 84.2 cm³/mol. The molecule has 0 amide bonds. The maximum Gasteiger partial charge on any atom is 0.416 e. The summed E-state index contributed by atoms with van der Waals surface area (Å²) < 4.78 is 65.5. The van der Waals surface area contributed by atoms with Gasteiger partial charge in [0, 0.05) is 12.1 Å². The summed E-state index contributed by atoms with van der Waals surface area (Å²) in [4.78, 5) is -0.593. The van der Waals surface area contributed by atoms with Crippen LogP contribution in [0.5, 0.6) is 0 Å². The lowest BCUT2D eigenvalue weighted by atomic mass is 9.98. The van der Waals surface area contributed by atoms with Gasteiger partial charge in [0.1, 0.15) is 4.90 Å². The van der Waals surface area contributed by atoms with Crippen molar-refractivity contribution in [2.75, 3.05) is 6.54 Å². The molecule has 1 saturated carbocycles. The number of sulfonamides is 1. The van der Waals surface area contributed by atoms with Crippen LogP contribution in [0.2, 0.25) is 5.02 Å². The molecular formula is C13H17Cl2F3N2O2S. The number of nitrogens with one attached hydrogen (secondary N) is 1. The first-order valence-corrected chi connectivity index (χ1v) is 8.46. The van der Waals surface area contributed by atoms with Crippen LogP contribution in [0.15, 0.2) is 23.1 Å². The minimum atomic E-state index is -4.65. The third-order valence-corrected chi connectivity index (χ3v) is 5.91. The van der Waals surface area contributed by atoms with Crippen molar-refractivity contribution in [2.45, 2.75) is 36.4 Å². The van der Waals surface area contributed by atoms with Crippen LogP contribution in [-0.2, 0) is 16.2 Å². The Kier molecular flexibility index (Phi) is 6.02. The van der Waals surface area contributed by atoms with E-state index >= 15 is 0 Å². The van der Waals surface area contributed by atoms with Crippen LogP contribution in [0.3, 0.4) is 0 Å². The van der Waals surface area contributed by atoms with Gasteiger partial charge in [-0.05, 0) is 43.9 Å². The zero-order chi connectivity index (χ0) is 16.8. The van der Waals surface area contributed by atoms with Gasteiger partial charge in [-0.25, -0.2) is 13.1 Å². The Morgan fingerprint density at radius 3 is 2.35 bits per heavy atom. The molecule has 1 fully saturated rings. The Bertz CT molecular complexity index is 678. The Labute approximate surface area is 144 Å². The molecule has 132 valence electrons. The van der Waals surface area contributed by atoms with Crippen molar-refractivity contribution in [3.63, 3.8) is 0 Å². The van der Waals surface area contributed by atoms with E-state index in [2.05, 4.69) is 4.72 Å². The highest BCUT2D eigenvalue weighted by atomic mass is 35.5. The van der Waals surface area contributed by atoms with E-state index in [9.17, 15) is 21.6 Å². The maximum absolute atomic E-state index is 12.8. The molecule has 0 spiro atoms. The van der Waals surface area contributed by atoms with Crippen molar-refractivity contribution in [1.29, 1.82) is 0 Å². The highest BCUT2D eigenvalue weighted by Gasteiger charge is 2.44. The molecule has 1 aromatic carbocycles. The molecule has 0 heterocycles. The van der Waals surface area contributed by atoms with E-state index < -0.39 is 32.2 Å². The molecule has 0 aromatic heterocycles. The van der Waals surface area contributed by atoms with Gasteiger partial charge in [-0.3, -0.25) is 0 Å². The Balaban J connectivity index is 0.00000264. The lowest BCUT2D eigenvalue weighted by molar-refractivity contribution is -0.137. The SMILES string of the molecule is CC(CN)(NS(=O)(=O)c1cc(C(F)(F)F)ccc1Cl)C1CC1.Cl. The quantitative estimate of drug-likeness (QED) is 0.807. The Morgan fingerprint density at radius 1 is 1.35 bits per heavy atom. The van der Waals surface area contributed by atoms with E-state index in [0.717, 1.165) is 25.0 Å². The fraction of sp³-hybridized carbons (Fsp3) is 0.538. The molecule has 0 bridgehead atoms. The molecule has 3 N–H and O–H groups in total. The number of benzene rings is 1. The summed E-state index contributed by atoms with van der Waals surface area (Å²) in [5.41, 5.74) is 3.67. The molecule has 1 aliphatic rings. The lowest BCUT2D eigenvalue weighted by Gasteiger charge is -2.29. The van der Waals surface area contributed by atoms with Crippen molar-refractivity contribution in [1.82, 2.24) is 4.72 Å². The van der Waals surface area contributed by atoms with E-state index in [4.69, 9.17) is 17.3 Å². The standard InChI is InChI=1S/C13H16ClF3N2O2S.ClH/c1-12(7-18,8-2-3-8)19-22(20,21)11-6-9(13(15,16)17)4-5-10(11)14;/h4-6,8,19H,2-3,7,18H2,1H3;1H. The van der Waals surface area contributed by atoms with Gasteiger partial charge >= 0.3 is 6.18 Å². The first kappa shape index (κ1) is 20.5. The second kappa shape index (κ2) is 6.76. The second-order valence-corrected chi connectivity index (χ2v) is 7.70. The molecule has 0 saturated heterocycles. The van der Waals surface area contributed by atoms with Crippen LogP contribution in [0.1, 0.15) is 25.3 Å². The summed E-state index contributed by atoms with van der Waals surface area (Å²) >= 11 is 5.78. The summed E-state index contributed by atoms with van der Waals surface area (Å²) in [5.74, 6) is 0.0804. The predicted octanol–water partition coefficient (Wildman–Crippen LogP) is 3.19. The van der Waals surface area contributed by atoms with Gasteiger partial charge in [0.15, 0.2) is 0 Å². The second-order valence-electron chi connectivity index (χ2n) is 5.64. The molecule has 1 atom stereocenters. The van der Waals surface area contributed by atoms with Gasteiger partial charge in [0.2, 0.25) is 10.0 Å². The number of hydrogen-bond acceptors (Lipinski definition) is 3. The summed E-state index contributed by atoms with van der Waals surface area (Å²) in [7, 11) is -4.21. The topological polar surface area (TPSA) is 72.2 Å². The number of nitrogens with two attached hydrogens (primary N) is 1. The van der Waals surface area contributed by atoms with Gasteiger partial charge in [0.25, 0.3) is 0 Å². The molecular weight excluding hydrogens is 376 g/mol. The van der Waals surface area contributed by atoms with Crippen LogP contribution in [0.4, 0.5) is 13.2 Å². The zero-order valence-corrected chi connectivity index (χ0v) is 14.5. The Hall–Kier alpha value is -0.540. The lowest BCUT2D eigenvalue weighted by Crippen LogP contribution is -2.53. The highest BCUT2D eigenvalue weighted by molar-refractivity contribution is 7.89. The fourth-order valence-corrected chi connectivity index (χ4v) is 4.26. The smallest absolute Gasteiger partial charge is 0.329 e. The molecule has 1 aromatic rings. The first-order chi connectivity index (χ1) is 9.99. The van der Waals surface area contributed by atoms with E-state index in [1.54, 1.807) is 6.92 Å². The number of rotatable bonds is 5. The third-order valence-electron chi connectivity index (χ3n) is 3.82. The van der Waals surface area contributed by atoms with Crippen LogP contribution in [0, 0.1) is 5.92 Å². The summed E-state index contributed by atoms with van der Waals surface area (Å²) in [6.45, 7) is 1.69. The average molecular weight is 393 g/mol. The third kappa shape index (κ3) is 4.51. The summed E-state index contributed by atoms with van der Waals surface area (Å²) in [6, 6.07) is 2.20. The minimum absolute atomic E-state index is 0. The van der Waals surface area contributed by atoms with Gasteiger partial charge in [-0.2, -0.15) is 13.2 Å². The van der Waals surface area contributed by atoms with Gasteiger partial charge in [0.05, 0.1) is 10.6 Å². The first-order valence-electron chi connectivity index (χ1n) is 6.60. The zero-order valence-electron chi connectivity index (χ0n) is 12.2. The van der Waals surface area contributed by atoms with Gasteiger partial charge in [-0.1, -0.05) is 11.6 Å². The molecule has 4 nitrogen and oxygen atoms in total. The van der Waals surface area contributed by atoms with Crippen molar-refractivity contribution in [3.8, 4) is 0 Å². The molecule has 0 aliphatic heterocycles. The summed E-state index contributed by atoms with van der Waals surface area (Å²) in [6.07, 6.45) is -3.00. The number of alkyl halides is 3. The summed E-state index contributed by atoms with van der Waals surface area (Å²) in [5, 5.41) is -0.268.